The molecule has 1 saturated carbocycles. The molecule has 0 saturated heterocycles. The summed E-state index contributed by atoms with van der Waals surface area (Å²) in [6.07, 6.45) is -2.42. The van der Waals surface area contributed by atoms with Gasteiger partial charge in [0.15, 0.2) is 17.5 Å². The van der Waals surface area contributed by atoms with Crippen LogP contribution in [0.4, 0.5) is 0 Å². The van der Waals surface area contributed by atoms with E-state index in [1.807, 2.05) is 121 Å². The fourth-order valence-corrected chi connectivity index (χ4v) is 7.58. The molecule has 6 aromatic carbocycles. The molecule has 2 heterocycles. The molecule has 0 bridgehead atoms. The number of hydrogen-bond donors (Lipinski definition) is 0. The van der Waals surface area contributed by atoms with E-state index in [0.717, 1.165) is 72.0 Å². The van der Waals surface area contributed by atoms with Crippen LogP contribution in [0.15, 0.2) is 144 Å². The fraction of sp³-hybridized carbons (Fsp3) is 0.133. The van der Waals surface area contributed by atoms with Gasteiger partial charge in [0.2, 0.25) is 0 Å². The zero-order valence-corrected chi connectivity index (χ0v) is 26.7. The quantitative estimate of drug-likeness (QED) is 0.193. The molecule has 0 N–H and O–H groups in total. The van der Waals surface area contributed by atoms with E-state index in [2.05, 4.69) is 18.2 Å². The Balaban J connectivity index is 1.12. The van der Waals surface area contributed by atoms with E-state index in [0.29, 0.717) is 36.7 Å². The van der Waals surface area contributed by atoms with Crippen LogP contribution in [-0.4, -0.2) is 15.0 Å². The highest BCUT2D eigenvalue weighted by molar-refractivity contribution is 6.07. The molecule has 2 aliphatic rings. The first-order valence-corrected chi connectivity index (χ1v) is 16.8. The normalized spacial score (nSPS) is 18.0. The van der Waals surface area contributed by atoms with Gasteiger partial charge < -0.3 is 4.42 Å². The minimum atomic E-state index is -1.77. The molecular weight excluding hydrogens is 599 g/mol. The zero-order chi connectivity index (χ0) is 36.0. The second-order valence-corrected chi connectivity index (χ2v) is 12.8. The van der Waals surface area contributed by atoms with Crippen molar-refractivity contribution in [3.63, 3.8) is 0 Å². The predicted octanol–water partition coefficient (Wildman–Crippen LogP) is 11.7. The number of furan rings is 1. The summed E-state index contributed by atoms with van der Waals surface area (Å²) in [7, 11) is 0. The van der Waals surface area contributed by atoms with Crippen molar-refractivity contribution in [2.75, 3.05) is 0 Å². The topological polar surface area (TPSA) is 51.8 Å². The predicted molar refractivity (Wildman–Crippen MR) is 198 cm³/mol. The number of nitrogens with zero attached hydrogens (tertiary/aromatic N) is 3. The van der Waals surface area contributed by atoms with Gasteiger partial charge in [-0.25, -0.2) is 15.0 Å². The van der Waals surface area contributed by atoms with Gasteiger partial charge in [-0.1, -0.05) is 122 Å². The number of hydrogen-bond acceptors (Lipinski definition) is 4. The lowest BCUT2D eigenvalue weighted by Crippen LogP contribution is -2.28. The monoisotopic (exact) mass is 635 g/mol. The van der Waals surface area contributed by atoms with E-state index in [1.54, 1.807) is 0 Å². The zero-order valence-electron chi connectivity index (χ0n) is 30.7. The molecule has 10 rings (SSSR count). The van der Waals surface area contributed by atoms with Crippen molar-refractivity contribution in [2.24, 2.45) is 0 Å². The van der Waals surface area contributed by atoms with Gasteiger partial charge in [-0.15, -0.1) is 0 Å². The highest BCUT2D eigenvalue weighted by atomic mass is 16.3. The van der Waals surface area contributed by atoms with Gasteiger partial charge in [0, 0.05) is 38.4 Å². The first-order chi connectivity index (χ1) is 25.7. The standard InChI is InChI=1S/C45H33N3O/c1-4-12-29(13-5-1)42-46-43(30-14-6-2-7-15-30)48-44(47-42)33-20-23-41-37(27-33)36-26-31(19-22-40(36)49-41)32-18-21-35-34-16-8-9-17-38(34)45(39(35)28-32)24-10-3-11-25-45/h1-2,4-9,12-23,26-28H,3,10-11,24-25H2/i24D2,25D2. The molecule has 0 amide bonds. The van der Waals surface area contributed by atoms with Gasteiger partial charge in [-0.2, -0.15) is 0 Å². The van der Waals surface area contributed by atoms with E-state index in [1.165, 1.54) is 0 Å². The van der Waals surface area contributed by atoms with Crippen molar-refractivity contribution in [3.05, 3.63) is 151 Å². The largest absolute Gasteiger partial charge is 0.456 e. The van der Waals surface area contributed by atoms with Crippen molar-refractivity contribution < 1.29 is 9.90 Å². The lowest BCUT2D eigenvalue weighted by Gasteiger charge is -2.36. The summed E-state index contributed by atoms with van der Waals surface area (Å²) in [6.45, 7) is 0. The number of benzene rings is 6. The molecule has 4 nitrogen and oxygen atoms in total. The summed E-state index contributed by atoms with van der Waals surface area (Å²) >= 11 is 0. The smallest absolute Gasteiger partial charge is 0.164 e. The Hall–Kier alpha value is -5.87. The third-order valence-corrected chi connectivity index (χ3v) is 9.94. The van der Waals surface area contributed by atoms with Crippen LogP contribution in [0.1, 0.15) is 48.6 Å². The Kier molecular flexibility index (Phi) is 5.50. The molecule has 234 valence electrons. The van der Waals surface area contributed by atoms with E-state index in [9.17, 15) is 5.48 Å². The molecule has 4 heteroatoms. The van der Waals surface area contributed by atoms with Crippen molar-refractivity contribution in [2.45, 2.75) is 37.4 Å². The van der Waals surface area contributed by atoms with E-state index >= 15 is 0 Å². The minimum Gasteiger partial charge on any atom is -0.456 e. The molecule has 0 aliphatic heterocycles. The Bertz CT molecular complexity index is 2650. The minimum absolute atomic E-state index is 0.306. The SMILES string of the molecule is [2H]C1([2H])CCCC([2H])([2H])C12c1ccccc1-c1ccc(-c3ccc4oc5ccc(-c6nc(-c7ccccc7)nc(-c7ccccc7)n6)cc5c4c3)cc12. The van der Waals surface area contributed by atoms with Crippen LogP contribution in [-0.2, 0) is 5.41 Å². The molecule has 0 atom stereocenters. The van der Waals surface area contributed by atoms with Gasteiger partial charge in [0.05, 0.1) is 0 Å². The van der Waals surface area contributed by atoms with Crippen LogP contribution in [0.5, 0.6) is 0 Å². The molecule has 2 aliphatic carbocycles. The summed E-state index contributed by atoms with van der Waals surface area (Å²) in [5.41, 5.74) is 7.85. The van der Waals surface area contributed by atoms with Crippen molar-refractivity contribution in [1.29, 1.82) is 0 Å². The first kappa shape index (κ1) is 24.3. The van der Waals surface area contributed by atoms with Crippen LogP contribution in [0.3, 0.4) is 0 Å². The van der Waals surface area contributed by atoms with Crippen molar-refractivity contribution >= 4 is 21.9 Å². The van der Waals surface area contributed by atoms with Gasteiger partial charge in [-0.05, 0) is 82.5 Å². The maximum Gasteiger partial charge on any atom is 0.164 e. The van der Waals surface area contributed by atoms with E-state index < -0.39 is 18.2 Å². The Morgan fingerprint density at radius 1 is 0.449 bits per heavy atom. The average molecular weight is 636 g/mol. The third kappa shape index (κ3) is 4.55. The molecule has 1 spiro atoms. The van der Waals surface area contributed by atoms with Gasteiger partial charge in [0.1, 0.15) is 11.2 Å². The molecule has 0 unspecified atom stereocenters. The maximum absolute atomic E-state index is 9.36. The highest BCUT2D eigenvalue weighted by Gasteiger charge is 2.43. The van der Waals surface area contributed by atoms with Crippen LogP contribution < -0.4 is 0 Å². The average Bonchev–Trinajstić information content (AvgIpc) is 3.71. The van der Waals surface area contributed by atoms with Gasteiger partial charge >= 0.3 is 0 Å². The van der Waals surface area contributed by atoms with Crippen LogP contribution in [0.25, 0.3) is 78.4 Å². The Morgan fingerprint density at radius 3 is 1.63 bits per heavy atom. The van der Waals surface area contributed by atoms with Crippen LogP contribution >= 0.6 is 0 Å². The summed E-state index contributed by atoms with van der Waals surface area (Å²) in [6, 6.07) is 45.9. The second-order valence-electron chi connectivity index (χ2n) is 12.8. The van der Waals surface area contributed by atoms with Crippen molar-refractivity contribution in [1.82, 2.24) is 15.0 Å². The third-order valence-electron chi connectivity index (χ3n) is 9.94. The Morgan fingerprint density at radius 2 is 0.959 bits per heavy atom. The summed E-state index contributed by atoms with van der Waals surface area (Å²) in [4.78, 5) is 14.7. The second kappa shape index (κ2) is 11.1. The summed E-state index contributed by atoms with van der Waals surface area (Å²) in [5, 5.41) is 1.86. The lowest BCUT2D eigenvalue weighted by molar-refractivity contribution is 0.353. The van der Waals surface area contributed by atoms with Gasteiger partial charge in [-0.3, -0.25) is 0 Å². The van der Waals surface area contributed by atoms with E-state index in [4.69, 9.17) is 19.4 Å². The molecule has 2 aromatic heterocycles. The van der Waals surface area contributed by atoms with Crippen molar-refractivity contribution in [3.8, 4) is 56.4 Å². The van der Waals surface area contributed by atoms with Gasteiger partial charge in [0.25, 0.3) is 0 Å². The molecule has 1 fully saturated rings. The Labute approximate surface area is 290 Å². The number of rotatable bonds is 4. The first-order valence-electron chi connectivity index (χ1n) is 18.8. The number of fused-ring (bicyclic) bond motifs is 8. The molecule has 0 radical (unpaired) electrons. The molecule has 49 heavy (non-hydrogen) atoms. The molecular formula is C45H33N3O. The maximum atomic E-state index is 9.36. The lowest BCUT2D eigenvalue weighted by atomic mass is 9.67. The highest BCUT2D eigenvalue weighted by Crippen LogP contribution is 2.56. The van der Waals surface area contributed by atoms with Crippen LogP contribution in [0.2, 0.25) is 0 Å². The fourth-order valence-electron chi connectivity index (χ4n) is 7.58. The molecule has 8 aromatic rings. The van der Waals surface area contributed by atoms with Crippen LogP contribution in [0, 0.1) is 0 Å². The van der Waals surface area contributed by atoms with E-state index in [-0.39, 0.29) is 0 Å². The number of aromatic nitrogens is 3. The summed E-state index contributed by atoms with van der Waals surface area (Å²) in [5.74, 6) is 1.75. The summed E-state index contributed by atoms with van der Waals surface area (Å²) < 4.78 is 43.8.